The van der Waals surface area contributed by atoms with E-state index in [-0.39, 0.29) is 23.5 Å². The zero-order valence-electron chi connectivity index (χ0n) is 24.8. The number of nitrogens with one attached hydrogen (secondary N) is 4. The van der Waals surface area contributed by atoms with E-state index >= 15 is 0 Å². The fraction of sp³-hybridized carbons (Fsp3) is 0.294. The van der Waals surface area contributed by atoms with Crippen LogP contribution in [0.4, 0.5) is 0 Å². The van der Waals surface area contributed by atoms with Crippen molar-refractivity contribution in [1.82, 2.24) is 20.3 Å². The summed E-state index contributed by atoms with van der Waals surface area (Å²) in [6.45, 7) is 16.7. The van der Waals surface area contributed by atoms with Crippen molar-refractivity contribution in [2.24, 2.45) is 5.92 Å². The third-order valence-corrected chi connectivity index (χ3v) is 10.7. The van der Waals surface area contributed by atoms with E-state index in [4.69, 9.17) is 0 Å². The molecule has 6 heterocycles. The van der Waals surface area contributed by atoms with Gasteiger partial charge < -0.3 is 30.5 Å². The number of H-pyrrole nitrogens is 3. The van der Waals surface area contributed by atoms with Gasteiger partial charge in [0.25, 0.3) is 0 Å². The average Bonchev–Trinajstić information content (AvgIpc) is 3.09. The van der Waals surface area contributed by atoms with Gasteiger partial charge in [-0.1, -0.05) is 26.2 Å². The van der Waals surface area contributed by atoms with Crippen LogP contribution in [0.2, 0.25) is 0 Å². The number of carboxylic acid groups (broad SMARTS) is 2. The van der Waals surface area contributed by atoms with E-state index in [0.717, 1.165) is 83.2 Å². The smallest absolute Gasteiger partial charge is 0.303 e. The molecular weight excluding hydrogens is 560 g/mol. The normalized spacial score (nSPS) is 24.2. The minimum absolute atomic E-state index is 0.00219. The summed E-state index contributed by atoms with van der Waals surface area (Å²) in [6.07, 6.45) is 11.0. The van der Waals surface area contributed by atoms with Gasteiger partial charge in [-0.05, 0) is 85.7 Å². The third-order valence-electron chi connectivity index (χ3n) is 9.23. The maximum Gasteiger partial charge on any atom is 0.303 e. The van der Waals surface area contributed by atoms with Gasteiger partial charge in [0.2, 0.25) is 0 Å². The van der Waals surface area contributed by atoms with Crippen LogP contribution in [-0.4, -0.2) is 41.9 Å². The maximum atomic E-state index is 11.6. The molecule has 1 unspecified atom stereocenters. The van der Waals surface area contributed by atoms with Gasteiger partial charge in [-0.25, -0.2) is 0 Å². The van der Waals surface area contributed by atoms with Crippen molar-refractivity contribution in [2.75, 3.05) is 0 Å². The second-order valence-corrected chi connectivity index (χ2v) is 13.0. The monoisotopic (exact) mass is 596 g/mol. The Morgan fingerprint density at radius 3 is 2.09 bits per heavy atom. The molecule has 3 aliphatic rings. The number of thioether (sulfide) groups is 1. The molecule has 222 valence electrons. The second kappa shape index (κ2) is 10.4. The summed E-state index contributed by atoms with van der Waals surface area (Å²) < 4.78 is -0.221. The highest BCUT2D eigenvalue weighted by atomic mass is 32.2. The lowest BCUT2D eigenvalue weighted by atomic mass is 9.92. The van der Waals surface area contributed by atoms with Crippen LogP contribution in [0.1, 0.15) is 75.9 Å². The molecule has 2 saturated heterocycles. The number of aromatic amines is 3. The molecule has 9 heteroatoms. The van der Waals surface area contributed by atoms with E-state index in [1.807, 2.05) is 26.0 Å². The maximum absolute atomic E-state index is 11.6. The number of allylic oxidation sites excluding steroid dienone is 1. The van der Waals surface area contributed by atoms with Crippen LogP contribution in [0.15, 0.2) is 29.5 Å². The predicted octanol–water partition coefficient (Wildman–Crippen LogP) is 4.87. The largest absolute Gasteiger partial charge is 0.481 e. The fourth-order valence-electron chi connectivity index (χ4n) is 6.58. The first-order chi connectivity index (χ1) is 20.4. The molecule has 6 rings (SSSR count). The highest BCUT2D eigenvalue weighted by molar-refractivity contribution is 8.13. The first-order valence-corrected chi connectivity index (χ1v) is 15.3. The zero-order chi connectivity index (χ0) is 30.8. The summed E-state index contributed by atoms with van der Waals surface area (Å²) in [7, 11) is 0. The topological polar surface area (TPSA) is 134 Å². The van der Waals surface area contributed by atoms with Gasteiger partial charge >= 0.3 is 11.9 Å². The number of hydrogen-bond donors (Lipinski definition) is 6. The standard InChI is InChI=1S/C34H36N4O4S/c1-7-21-16(2)26-15-31-34(20(6)43-34)19(5)27(38-31)12-24-17(3)22(8-10-32(39)40)29(35-24)14-30-23(9-11-33(41)42)18(4)25(36-30)13-28(21)37-26/h7,12-15,19,35-38H,1,6,8-11H2,2-5H3,(H,39,40)(H,41,42)/b25-13-,27-12-,30-14-,31-15-/t19?,34-/m1/s1. The molecule has 0 aromatic carbocycles. The summed E-state index contributed by atoms with van der Waals surface area (Å²) in [4.78, 5) is 35.0. The number of carboxylic acids is 2. The Morgan fingerprint density at radius 1 is 0.860 bits per heavy atom. The first-order valence-electron chi connectivity index (χ1n) is 14.4. The second-order valence-electron chi connectivity index (χ2n) is 11.6. The minimum Gasteiger partial charge on any atom is -0.481 e. The molecule has 2 atom stereocenters. The van der Waals surface area contributed by atoms with Crippen molar-refractivity contribution in [3.05, 3.63) is 96.3 Å². The van der Waals surface area contributed by atoms with Crippen LogP contribution >= 0.6 is 11.8 Å². The molecule has 0 radical (unpaired) electrons. The molecule has 1 spiro atoms. The molecule has 3 aromatic rings. The molecular formula is C34H36N4O4S. The molecule has 8 bridgehead atoms. The average molecular weight is 597 g/mol. The van der Waals surface area contributed by atoms with E-state index in [1.54, 1.807) is 11.8 Å². The Hall–Kier alpha value is -4.37. The highest BCUT2D eigenvalue weighted by Gasteiger charge is 2.61. The van der Waals surface area contributed by atoms with E-state index in [9.17, 15) is 19.8 Å². The number of aliphatic carboxylic acids is 2. The Kier molecular flexibility index (Phi) is 6.96. The van der Waals surface area contributed by atoms with Crippen molar-refractivity contribution < 1.29 is 19.8 Å². The van der Waals surface area contributed by atoms with Crippen molar-refractivity contribution in [3.63, 3.8) is 0 Å². The van der Waals surface area contributed by atoms with Crippen molar-refractivity contribution in [2.45, 2.75) is 58.1 Å². The lowest BCUT2D eigenvalue weighted by Crippen LogP contribution is -2.15. The lowest BCUT2D eigenvalue weighted by molar-refractivity contribution is -0.138. The Labute approximate surface area is 254 Å². The fourth-order valence-corrected chi connectivity index (χ4v) is 7.73. The molecule has 3 aromatic heterocycles. The van der Waals surface area contributed by atoms with E-state index in [0.29, 0.717) is 12.8 Å². The molecule has 0 aliphatic carbocycles. The molecule has 2 fully saturated rings. The van der Waals surface area contributed by atoms with E-state index in [1.165, 1.54) is 0 Å². The minimum atomic E-state index is -0.861. The summed E-state index contributed by atoms with van der Waals surface area (Å²) in [6, 6.07) is 0. The number of fused-ring (bicyclic) bond motifs is 9. The quantitative estimate of drug-likeness (QED) is 0.216. The van der Waals surface area contributed by atoms with Crippen LogP contribution in [-0.2, 0) is 22.4 Å². The van der Waals surface area contributed by atoms with Gasteiger partial charge in [0.05, 0.1) is 4.75 Å². The summed E-state index contributed by atoms with van der Waals surface area (Å²) in [5.74, 6) is -1.56. The Bertz CT molecular complexity index is 1930. The SMILES string of the molecule is C=Cc1c2[nH]c(c1C)/C=C1\N/C(=C\c3[nH]c(c(CCC(=O)O)c3C)/C=c3\[nH]/c(c(C)c3CCC(=O)O)=C\2)C(C)[C@]12SC2=C. The van der Waals surface area contributed by atoms with Crippen LogP contribution in [0.3, 0.4) is 0 Å². The van der Waals surface area contributed by atoms with Gasteiger partial charge in [-0.2, -0.15) is 0 Å². The van der Waals surface area contributed by atoms with Crippen LogP contribution in [0, 0.1) is 26.7 Å². The van der Waals surface area contributed by atoms with E-state index in [2.05, 4.69) is 65.5 Å². The molecule has 8 nitrogen and oxygen atoms in total. The molecule has 43 heavy (non-hydrogen) atoms. The Balaban J connectivity index is 1.67. The van der Waals surface area contributed by atoms with Crippen LogP contribution < -0.4 is 16.0 Å². The summed E-state index contributed by atoms with van der Waals surface area (Å²) in [5.41, 5.74) is 11.7. The van der Waals surface area contributed by atoms with Crippen molar-refractivity contribution >= 4 is 54.1 Å². The van der Waals surface area contributed by atoms with E-state index < -0.39 is 11.9 Å². The van der Waals surface area contributed by atoms with Crippen LogP contribution in [0.25, 0.3) is 30.4 Å². The van der Waals surface area contributed by atoms with Gasteiger partial charge in [0.15, 0.2) is 0 Å². The first kappa shape index (κ1) is 28.7. The van der Waals surface area contributed by atoms with Crippen LogP contribution in [0.5, 0.6) is 0 Å². The van der Waals surface area contributed by atoms with Gasteiger partial charge in [-0.3, -0.25) is 9.59 Å². The van der Waals surface area contributed by atoms with Gasteiger partial charge in [0.1, 0.15) is 0 Å². The molecule has 0 amide bonds. The molecule has 0 saturated carbocycles. The van der Waals surface area contributed by atoms with Gasteiger partial charge in [-0.15, -0.1) is 11.8 Å². The number of rotatable bonds is 7. The zero-order valence-corrected chi connectivity index (χ0v) is 25.6. The van der Waals surface area contributed by atoms with Crippen molar-refractivity contribution in [3.8, 4) is 0 Å². The summed E-state index contributed by atoms with van der Waals surface area (Å²) in [5, 5.41) is 24.4. The van der Waals surface area contributed by atoms with Crippen molar-refractivity contribution in [1.29, 1.82) is 0 Å². The number of carbonyl (C=O) groups is 2. The number of hydrogen-bond acceptors (Lipinski definition) is 4. The Morgan fingerprint density at radius 2 is 1.47 bits per heavy atom. The predicted molar refractivity (Wildman–Crippen MR) is 173 cm³/mol. The third kappa shape index (κ3) is 4.72. The number of aromatic nitrogens is 3. The summed E-state index contributed by atoms with van der Waals surface area (Å²) >= 11 is 1.78. The van der Waals surface area contributed by atoms with Gasteiger partial charge in [0, 0.05) is 74.1 Å². The molecule has 3 aliphatic heterocycles. The molecule has 6 N–H and O–H groups in total. The lowest BCUT2D eigenvalue weighted by Gasteiger charge is -2.10. The highest BCUT2D eigenvalue weighted by Crippen LogP contribution is 2.69.